The predicted octanol–water partition coefficient (Wildman–Crippen LogP) is 4.40. The van der Waals surface area contributed by atoms with Crippen LogP contribution in [-0.2, 0) is 0 Å². The van der Waals surface area contributed by atoms with E-state index in [1.807, 2.05) is 24.3 Å². The molecule has 0 spiro atoms. The van der Waals surface area contributed by atoms with Crippen LogP contribution in [0.3, 0.4) is 0 Å². The second kappa shape index (κ2) is 6.06. The molecule has 0 radical (unpaired) electrons. The zero-order valence-corrected chi connectivity index (χ0v) is 10.9. The van der Waals surface area contributed by atoms with Crippen LogP contribution in [0, 0.1) is 13.8 Å². The first kappa shape index (κ1) is 12.4. The zero-order valence-electron chi connectivity index (χ0n) is 10.9. The minimum Gasteiger partial charge on any atom is -0.490 e. The van der Waals surface area contributed by atoms with Gasteiger partial charge in [-0.3, -0.25) is 0 Å². The SMILES string of the molecule is Cc1cc(C)cc(OC/C=C/c2ccccc2)c1. The molecular formula is C17H18O. The van der Waals surface area contributed by atoms with E-state index in [1.54, 1.807) is 0 Å². The molecule has 18 heavy (non-hydrogen) atoms. The summed E-state index contributed by atoms with van der Waals surface area (Å²) in [5, 5.41) is 0. The summed E-state index contributed by atoms with van der Waals surface area (Å²) in [6, 6.07) is 16.5. The first-order chi connectivity index (χ1) is 8.74. The number of rotatable bonds is 4. The Bertz CT molecular complexity index is 506. The lowest BCUT2D eigenvalue weighted by Crippen LogP contribution is -1.94. The maximum atomic E-state index is 5.70. The van der Waals surface area contributed by atoms with E-state index in [2.05, 4.69) is 50.3 Å². The van der Waals surface area contributed by atoms with Crippen LogP contribution in [-0.4, -0.2) is 6.61 Å². The molecule has 92 valence electrons. The molecule has 0 aromatic heterocycles. The third-order valence-electron chi connectivity index (χ3n) is 2.65. The molecule has 0 aliphatic carbocycles. The molecule has 0 unspecified atom stereocenters. The van der Waals surface area contributed by atoms with Crippen LogP contribution in [0.5, 0.6) is 5.75 Å². The van der Waals surface area contributed by atoms with Crippen LogP contribution in [0.25, 0.3) is 6.08 Å². The van der Waals surface area contributed by atoms with Crippen molar-refractivity contribution < 1.29 is 4.74 Å². The van der Waals surface area contributed by atoms with E-state index in [0.717, 1.165) is 5.75 Å². The second-order valence-electron chi connectivity index (χ2n) is 4.45. The van der Waals surface area contributed by atoms with E-state index in [9.17, 15) is 0 Å². The summed E-state index contributed by atoms with van der Waals surface area (Å²) in [4.78, 5) is 0. The zero-order chi connectivity index (χ0) is 12.8. The van der Waals surface area contributed by atoms with Crippen molar-refractivity contribution >= 4 is 6.08 Å². The molecule has 0 bridgehead atoms. The van der Waals surface area contributed by atoms with Gasteiger partial charge in [0.1, 0.15) is 12.4 Å². The highest BCUT2D eigenvalue weighted by Gasteiger charge is 1.95. The van der Waals surface area contributed by atoms with Crippen molar-refractivity contribution in [1.82, 2.24) is 0 Å². The second-order valence-corrected chi connectivity index (χ2v) is 4.45. The fourth-order valence-electron chi connectivity index (χ4n) is 1.91. The fourth-order valence-corrected chi connectivity index (χ4v) is 1.91. The standard InChI is InChI=1S/C17H18O/c1-14-11-15(2)13-17(12-14)18-10-6-9-16-7-4-3-5-8-16/h3-9,11-13H,10H2,1-2H3/b9-6+. The van der Waals surface area contributed by atoms with Crippen LogP contribution in [0.15, 0.2) is 54.6 Å². The average Bonchev–Trinajstić information content (AvgIpc) is 2.35. The smallest absolute Gasteiger partial charge is 0.120 e. The van der Waals surface area contributed by atoms with Crippen LogP contribution < -0.4 is 4.74 Å². The predicted molar refractivity (Wildman–Crippen MR) is 76.9 cm³/mol. The summed E-state index contributed by atoms with van der Waals surface area (Å²) in [6.07, 6.45) is 4.11. The molecule has 0 fully saturated rings. The Kier molecular flexibility index (Phi) is 4.19. The van der Waals surface area contributed by atoms with Gasteiger partial charge in [-0.05, 0) is 48.7 Å². The van der Waals surface area contributed by atoms with Gasteiger partial charge in [0.2, 0.25) is 0 Å². The third kappa shape index (κ3) is 3.77. The Morgan fingerprint density at radius 1 is 0.944 bits per heavy atom. The van der Waals surface area contributed by atoms with Gasteiger partial charge in [-0.25, -0.2) is 0 Å². The molecule has 0 aliphatic heterocycles. The summed E-state index contributed by atoms with van der Waals surface area (Å²) in [5.41, 5.74) is 3.66. The molecule has 0 N–H and O–H groups in total. The highest BCUT2D eigenvalue weighted by Crippen LogP contribution is 2.16. The van der Waals surface area contributed by atoms with E-state index in [-0.39, 0.29) is 0 Å². The Balaban J connectivity index is 1.90. The maximum absolute atomic E-state index is 5.70. The molecular weight excluding hydrogens is 220 g/mol. The molecule has 2 aromatic carbocycles. The topological polar surface area (TPSA) is 9.23 Å². The van der Waals surface area contributed by atoms with Gasteiger partial charge in [-0.15, -0.1) is 0 Å². The van der Waals surface area contributed by atoms with Crippen molar-refractivity contribution in [2.24, 2.45) is 0 Å². The molecule has 0 saturated heterocycles. The van der Waals surface area contributed by atoms with Crippen LogP contribution in [0.1, 0.15) is 16.7 Å². The van der Waals surface area contributed by atoms with Crippen LogP contribution in [0.4, 0.5) is 0 Å². The van der Waals surface area contributed by atoms with Crippen molar-refractivity contribution in [3.8, 4) is 5.75 Å². The molecule has 1 heteroatoms. The van der Waals surface area contributed by atoms with Gasteiger partial charge in [-0.1, -0.05) is 42.5 Å². The minimum absolute atomic E-state index is 0.595. The van der Waals surface area contributed by atoms with Gasteiger partial charge in [0, 0.05) is 0 Å². The van der Waals surface area contributed by atoms with Gasteiger partial charge in [0.25, 0.3) is 0 Å². The van der Waals surface area contributed by atoms with Crippen molar-refractivity contribution in [3.05, 3.63) is 71.3 Å². The van der Waals surface area contributed by atoms with E-state index in [4.69, 9.17) is 4.74 Å². The minimum atomic E-state index is 0.595. The van der Waals surface area contributed by atoms with E-state index in [0.29, 0.717) is 6.61 Å². The molecule has 2 rings (SSSR count). The van der Waals surface area contributed by atoms with Gasteiger partial charge < -0.3 is 4.74 Å². The summed E-state index contributed by atoms with van der Waals surface area (Å²) in [5.74, 6) is 0.935. The van der Waals surface area contributed by atoms with E-state index >= 15 is 0 Å². The molecule has 0 amide bonds. The lowest BCUT2D eigenvalue weighted by Gasteiger charge is -2.05. The average molecular weight is 238 g/mol. The first-order valence-electron chi connectivity index (χ1n) is 6.17. The van der Waals surface area contributed by atoms with Gasteiger partial charge in [-0.2, -0.15) is 0 Å². The van der Waals surface area contributed by atoms with Crippen molar-refractivity contribution in [2.75, 3.05) is 6.61 Å². The first-order valence-corrected chi connectivity index (χ1v) is 6.17. The van der Waals surface area contributed by atoms with Gasteiger partial charge in [0.15, 0.2) is 0 Å². The fraction of sp³-hybridized carbons (Fsp3) is 0.176. The molecule has 0 atom stereocenters. The summed E-state index contributed by atoms with van der Waals surface area (Å²) in [7, 11) is 0. The largest absolute Gasteiger partial charge is 0.490 e. The number of hydrogen-bond acceptors (Lipinski definition) is 1. The van der Waals surface area contributed by atoms with Gasteiger partial charge in [0.05, 0.1) is 0 Å². The Labute approximate surface area is 109 Å². The van der Waals surface area contributed by atoms with Crippen molar-refractivity contribution in [3.63, 3.8) is 0 Å². The van der Waals surface area contributed by atoms with Gasteiger partial charge >= 0.3 is 0 Å². The summed E-state index contributed by atoms with van der Waals surface area (Å²) < 4.78 is 5.70. The number of ether oxygens (including phenoxy) is 1. The summed E-state index contributed by atoms with van der Waals surface area (Å²) in [6.45, 7) is 4.76. The third-order valence-corrected chi connectivity index (χ3v) is 2.65. The molecule has 0 aliphatic rings. The Hall–Kier alpha value is -2.02. The van der Waals surface area contributed by atoms with E-state index < -0.39 is 0 Å². The molecule has 1 nitrogen and oxygen atoms in total. The monoisotopic (exact) mass is 238 g/mol. The van der Waals surface area contributed by atoms with Crippen molar-refractivity contribution in [2.45, 2.75) is 13.8 Å². The lowest BCUT2D eigenvalue weighted by molar-refractivity contribution is 0.363. The number of aryl methyl sites for hydroxylation is 2. The maximum Gasteiger partial charge on any atom is 0.120 e. The normalized spacial score (nSPS) is 10.8. The lowest BCUT2D eigenvalue weighted by atomic mass is 10.1. The molecule has 0 heterocycles. The summed E-state index contributed by atoms with van der Waals surface area (Å²) >= 11 is 0. The quantitative estimate of drug-likeness (QED) is 0.767. The molecule has 0 saturated carbocycles. The Morgan fingerprint density at radius 2 is 1.61 bits per heavy atom. The Morgan fingerprint density at radius 3 is 2.28 bits per heavy atom. The number of benzene rings is 2. The number of hydrogen-bond donors (Lipinski definition) is 0. The van der Waals surface area contributed by atoms with Crippen LogP contribution >= 0.6 is 0 Å². The molecule has 2 aromatic rings. The highest BCUT2D eigenvalue weighted by molar-refractivity contribution is 5.48. The van der Waals surface area contributed by atoms with E-state index in [1.165, 1.54) is 16.7 Å². The van der Waals surface area contributed by atoms with Crippen LogP contribution in [0.2, 0.25) is 0 Å². The van der Waals surface area contributed by atoms with Crippen molar-refractivity contribution in [1.29, 1.82) is 0 Å². The highest BCUT2D eigenvalue weighted by atomic mass is 16.5.